The highest BCUT2D eigenvalue weighted by Crippen LogP contribution is 2.30. The maximum atomic E-state index is 11.0. The lowest BCUT2D eigenvalue weighted by Crippen LogP contribution is -1.99. The molecule has 0 spiro atoms. The molecule has 1 N–H and O–H groups in total. The number of aromatic nitrogens is 1. The molecule has 0 bridgehead atoms. The molecule has 86 valence electrons. The van der Waals surface area contributed by atoms with Gasteiger partial charge in [-0.1, -0.05) is 12.1 Å². The molecule has 0 aliphatic carbocycles. The van der Waals surface area contributed by atoms with Gasteiger partial charge in [0, 0.05) is 18.5 Å². The van der Waals surface area contributed by atoms with Crippen molar-refractivity contribution in [2.24, 2.45) is 0 Å². The number of hydrogen-bond acceptors (Lipinski definition) is 3. The summed E-state index contributed by atoms with van der Waals surface area (Å²) in [7, 11) is 0. The zero-order chi connectivity index (χ0) is 12.3. The van der Waals surface area contributed by atoms with E-state index in [1.807, 2.05) is 0 Å². The number of carboxylic acid groups (broad SMARTS) is 1. The number of ether oxygens (including phenoxy) is 1. The molecule has 0 unspecified atom stereocenters. The monoisotopic (exact) mass is 293 g/mol. The van der Waals surface area contributed by atoms with Crippen LogP contribution >= 0.6 is 15.9 Å². The summed E-state index contributed by atoms with van der Waals surface area (Å²) in [5.74, 6) is -0.202. The van der Waals surface area contributed by atoms with Crippen LogP contribution in [0.3, 0.4) is 0 Å². The van der Waals surface area contributed by atoms with Gasteiger partial charge in [0.1, 0.15) is 17.1 Å². The van der Waals surface area contributed by atoms with E-state index < -0.39 is 5.97 Å². The minimum atomic E-state index is -1.02. The summed E-state index contributed by atoms with van der Waals surface area (Å²) in [5, 5.41) is 9.01. The number of carbonyl (C=O) groups is 1. The molecule has 1 heterocycles. The second kappa shape index (κ2) is 4.97. The van der Waals surface area contributed by atoms with Gasteiger partial charge in [0.25, 0.3) is 0 Å². The standard InChI is InChI=1S/C12H8BrNO3/c13-9-7-14-6-5-11(9)17-10-4-2-1-3-8(10)12(15)16/h1-7H,(H,15,16). The Morgan fingerprint density at radius 2 is 2.00 bits per heavy atom. The van der Waals surface area contributed by atoms with E-state index in [9.17, 15) is 4.79 Å². The van der Waals surface area contributed by atoms with Crippen molar-refractivity contribution in [1.82, 2.24) is 4.98 Å². The Kier molecular flexibility index (Phi) is 3.39. The highest BCUT2D eigenvalue weighted by Gasteiger charge is 2.11. The van der Waals surface area contributed by atoms with Crippen molar-refractivity contribution in [3.05, 3.63) is 52.8 Å². The smallest absolute Gasteiger partial charge is 0.339 e. The lowest BCUT2D eigenvalue weighted by molar-refractivity contribution is 0.0694. The van der Waals surface area contributed by atoms with Crippen molar-refractivity contribution < 1.29 is 14.6 Å². The van der Waals surface area contributed by atoms with Crippen LogP contribution in [-0.4, -0.2) is 16.1 Å². The molecule has 0 fully saturated rings. The lowest BCUT2D eigenvalue weighted by atomic mass is 10.2. The van der Waals surface area contributed by atoms with E-state index in [2.05, 4.69) is 20.9 Å². The maximum Gasteiger partial charge on any atom is 0.339 e. The third kappa shape index (κ3) is 2.62. The molecule has 0 aliphatic rings. The van der Waals surface area contributed by atoms with Gasteiger partial charge in [-0.15, -0.1) is 0 Å². The minimum Gasteiger partial charge on any atom is -0.478 e. The summed E-state index contributed by atoms with van der Waals surface area (Å²) in [6.07, 6.45) is 3.15. The number of halogens is 1. The third-order valence-electron chi connectivity index (χ3n) is 2.07. The van der Waals surface area contributed by atoms with Crippen molar-refractivity contribution in [3.63, 3.8) is 0 Å². The van der Waals surface area contributed by atoms with Gasteiger partial charge in [0.15, 0.2) is 0 Å². The van der Waals surface area contributed by atoms with Crippen LogP contribution in [0.5, 0.6) is 11.5 Å². The Bertz CT molecular complexity index is 557. The fraction of sp³-hybridized carbons (Fsp3) is 0. The van der Waals surface area contributed by atoms with Gasteiger partial charge in [-0.3, -0.25) is 4.98 Å². The third-order valence-corrected chi connectivity index (χ3v) is 2.67. The van der Waals surface area contributed by atoms with Gasteiger partial charge < -0.3 is 9.84 Å². The van der Waals surface area contributed by atoms with Crippen molar-refractivity contribution >= 4 is 21.9 Å². The molecule has 0 aliphatic heterocycles. The number of nitrogens with zero attached hydrogens (tertiary/aromatic N) is 1. The van der Waals surface area contributed by atoms with Crippen LogP contribution < -0.4 is 4.74 Å². The average Bonchev–Trinajstić information content (AvgIpc) is 2.32. The summed E-state index contributed by atoms with van der Waals surface area (Å²) >= 11 is 3.28. The van der Waals surface area contributed by atoms with Gasteiger partial charge in [-0.05, 0) is 28.1 Å². The Hall–Kier alpha value is -1.88. The molecule has 0 radical (unpaired) electrons. The molecular weight excluding hydrogens is 286 g/mol. The molecule has 17 heavy (non-hydrogen) atoms. The number of hydrogen-bond donors (Lipinski definition) is 1. The SMILES string of the molecule is O=C(O)c1ccccc1Oc1ccncc1Br. The van der Waals surface area contributed by atoms with Crippen LogP contribution in [-0.2, 0) is 0 Å². The van der Waals surface area contributed by atoms with Gasteiger partial charge >= 0.3 is 5.97 Å². The van der Waals surface area contributed by atoms with Crippen molar-refractivity contribution in [1.29, 1.82) is 0 Å². The van der Waals surface area contributed by atoms with E-state index in [-0.39, 0.29) is 5.56 Å². The van der Waals surface area contributed by atoms with E-state index >= 15 is 0 Å². The van der Waals surface area contributed by atoms with Gasteiger partial charge in [0.05, 0.1) is 4.47 Å². The largest absolute Gasteiger partial charge is 0.478 e. The number of para-hydroxylation sites is 1. The molecule has 0 atom stereocenters. The van der Waals surface area contributed by atoms with Crippen LogP contribution in [0.4, 0.5) is 0 Å². The number of rotatable bonds is 3. The number of aromatic carboxylic acids is 1. The maximum absolute atomic E-state index is 11.0. The van der Waals surface area contributed by atoms with Crippen molar-refractivity contribution in [2.45, 2.75) is 0 Å². The summed E-state index contributed by atoms with van der Waals surface area (Å²) in [4.78, 5) is 14.9. The molecular formula is C12H8BrNO3. The van der Waals surface area contributed by atoms with Crippen LogP contribution in [0, 0.1) is 0 Å². The number of carboxylic acids is 1. The van der Waals surface area contributed by atoms with E-state index in [1.165, 1.54) is 6.07 Å². The molecule has 2 rings (SSSR count). The fourth-order valence-corrected chi connectivity index (χ4v) is 1.63. The quantitative estimate of drug-likeness (QED) is 0.943. The molecule has 0 saturated heterocycles. The molecule has 4 nitrogen and oxygen atoms in total. The van der Waals surface area contributed by atoms with E-state index in [4.69, 9.17) is 9.84 Å². The van der Waals surface area contributed by atoms with Crippen LogP contribution in [0.25, 0.3) is 0 Å². The van der Waals surface area contributed by atoms with E-state index in [1.54, 1.807) is 36.7 Å². The first kappa shape index (κ1) is 11.6. The molecule has 2 aromatic rings. The second-order valence-electron chi connectivity index (χ2n) is 3.21. The molecule has 1 aromatic carbocycles. The highest BCUT2D eigenvalue weighted by molar-refractivity contribution is 9.10. The minimum absolute atomic E-state index is 0.121. The van der Waals surface area contributed by atoms with E-state index in [0.29, 0.717) is 16.0 Å². The molecule has 5 heteroatoms. The number of pyridine rings is 1. The summed E-state index contributed by atoms with van der Waals surface area (Å²) < 4.78 is 6.20. The van der Waals surface area contributed by atoms with Crippen LogP contribution in [0.15, 0.2) is 47.2 Å². The molecule has 1 aromatic heterocycles. The van der Waals surface area contributed by atoms with Crippen LogP contribution in [0.1, 0.15) is 10.4 Å². The Labute approximate surface area is 106 Å². The van der Waals surface area contributed by atoms with Crippen LogP contribution in [0.2, 0.25) is 0 Å². The number of benzene rings is 1. The lowest BCUT2D eigenvalue weighted by Gasteiger charge is -2.09. The first-order valence-electron chi connectivity index (χ1n) is 4.78. The van der Waals surface area contributed by atoms with Gasteiger partial charge in [0.2, 0.25) is 0 Å². The Balaban J connectivity index is 2.37. The molecule has 0 saturated carbocycles. The summed E-state index contributed by atoms with van der Waals surface area (Å²) in [6.45, 7) is 0. The first-order chi connectivity index (χ1) is 8.18. The summed E-state index contributed by atoms with van der Waals surface area (Å²) in [6, 6.07) is 8.13. The van der Waals surface area contributed by atoms with Gasteiger partial charge in [-0.2, -0.15) is 0 Å². The molecule has 0 amide bonds. The zero-order valence-corrected chi connectivity index (χ0v) is 10.2. The predicted octanol–water partition coefficient (Wildman–Crippen LogP) is 3.33. The predicted molar refractivity (Wildman–Crippen MR) is 65.4 cm³/mol. The second-order valence-corrected chi connectivity index (χ2v) is 4.06. The fourth-order valence-electron chi connectivity index (χ4n) is 1.30. The van der Waals surface area contributed by atoms with E-state index in [0.717, 1.165) is 0 Å². The van der Waals surface area contributed by atoms with Crippen molar-refractivity contribution in [3.8, 4) is 11.5 Å². The Morgan fingerprint density at radius 3 is 2.71 bits per heavy atom. The highest BCUT2D eigenvalue weighted by atomic mass is 79.9. The topological polar surface area (TPSA) is 59.4 Å². The Morgan fingerprint density at radius 1 is 1.24 bits per heavy atom. The first-order valence-corrected chi connectivity index (χ1v) is 5.57. The summed E-state index contributed by atoms with van der Waals surface area (Å²) in [5.41, 5.74) is 0.121. The average molecular weight is 294 g/mol. The zero-order valence-electron chi connectivity index (χ0n) is 8.63. The normalized spacial score (nSPS) is 9.94. The van der Waals surface area contributed by atoms with Gasteiger partial charge in [-0.25, -0.2) is 4.79 Å². The van der Waals surface area contributed by atoms with Crippen molar-refractivity contribution in [2.75, 3.05) is 0 Å².